The van der Waals surface area contributed by atoms with Gasteiger partial charge in [-0.25, -0.2) is 0 Å². The molecule has 0 aromatic rings. The van der Waals surface area contributed by atoms with Gasteiger partial charge >= 0.3 is 17.9 Å². The number of hydrogen-bond donors (Lipinski definition) is 7. The van der Waals surface area contributed by atoms with Crippen LogP contribution in [0.2, 0.25) is 0 Å². The third kappa shape index (κ3) is 24.5. The predicted octanol–water partition coefficient (Wildman–Crippen LogP) is 1.92. The van der Waals surface area contributed by atoms with Gasteiger partial charge in [0.25, 0.3) is 0 Å². The van der Waals surface area contributed by atoms with Crippen molar-refractivity contribution in [2.24, 2.45) is 11.5 Å². The highest BCUT2D eigenvalue weighted by Gasteiger charge is 2.15. The Labute approximate surface area is 191 Å². The molecule has 0 saturated carbocycles. The lowest BCUT2D eigenvalue weighted by atomic mass is 10.1. The summed E-state index contributed by atoms with van der Waals surface area (Å²) < 4.78 is 0. The summed E-state index contributed by atoms with van der Waals surface area (Å²) in [5.41, 5.74) is 10.3. The van der Waals surface area contributed by atoms with E-state index in [2.05, 4.69) is 5.32 Å². The molecule has 2 atom stereocenters. The first-order valence-electron chi connectivity index (χ1n) is 11.7. The molecule has 0 amide bonds. The van der Waals surface area contributed by atoms with Gasteiger partial charge in [0.05, 0.1) is 6.42 Å². The lowest BCUT2D eigenvalue weighted by molar-refractivity contribution is -0.144. The molecule has 0 spiro atoms. The Hall–Kier alpha value is -1.75. The van der Waals surface area contributed by atoms with Gasteiger partial charge in [-0.3, -0.25) is 14.4 Å². The molecule has 0 aromatic carbocycles. The van der Waals surface area contributed by atoms with Gasteiger partial charge in [0.1, 0.15) is 12.1 Å². The molecular weight excluding hydrogens is 418 g/mol. The zero-order chi connectivity index (χ0) is 24.6. The molecule has 9 N–H and O–H groups in total. The van der Waals surface area contributed by atoms with Crippen LogP contribution in [0.4, 0.5) is 0 Å². The summed E-state index contributed by atoms with van der Waals surface area (Å²) in [5.74, 6) is -3.24. The topological polar surface area (TPSA) is 196 Å². The highest BCUT2D eigenvalue weighted by molar-refractivity contribution is 5.80. The minimum atomic E-state index is -1.29. The third-order valence-electron chi connectivity index (χ3n) is 4.93. The first-order chi connectivity index (χ1) is 15.3. The normalized spacial score (nSPS) is 12.5. The molecule has 32 heavy (non-hydrogen) atoms. The maximum Gasteiger partial charge on any atom is 0.321 e. The van der Waals surface area contributed by atoms with Gasteiger partial charge < -0.3 is 37.2 Å². The predicted molar refractivity (Wildman–Crippen MR) is 123 cm³/mol. The van der Waals surface area contributed by atoms with Crippen LogP contribution in [0.3, 0.4) is 0 Å². The molecule has 0 aliphatic heterocycles. The Morgan fingerprint density at radius 2 is 1.22 bits per heavy atom. The van der Waals surface area contributed by atoms with E-state index >= 15 is 0 Å². The molecule has 10 nitrogen and oxygen atoms in total. The standard InChI is InChI=1S/C18H38N2O3.C4H7NO4/c19-14-10-9-13-17(18(22)23)20-15-11-7-5-3-1-2-4-6-8-12-16-21;5-2(4(8)9)1-3(6)7/h17,20-21H,1-16,19H2,(H,22,23);2H,1,5H2,(H,6,7)(H,8,9)/t17-;2-/m00/s1. The van der Waals surface area contributed by atoms with Crippen LogP contribution in [-0.4, -0.2) is 70.1 Å². The van der Waals surface area contributed by atoms with Crippen LogP contribution in [0, 0.1) is 0 Å². The number of aliphatic hydroxyl groups is 1. The Morgan fingerprint density at radius 3 is 1.59 bits per heavy atom. The van der Waals surface area contributed by atoms with Crippen molar-refractivity contribution >= 4 is 17.9 Å². The first-order valence-corrected chi connectivity index (χ1v) is 11.7. The van der Waals surface area contributed by atoms with Crippen molar-refractivity contribution in [3.63, 3.8) is 0 Å². The van der Waals surface area contributed by atoms with Crippen LogP contribution >= 0.6 is 0 Å². The lowest BCUT2D eigenvalue weighted by Crippen LogP contribution is -2.37. The molecule has 0 aliphatic rings. The van der Waals surface area contributed by atoms with Gasteiger partial charge in [-0.2, -0.15) is 0 Å². The Balaban J connectivity index is 0. The molecule has 0 radical (unpaired) electrons. The summed E-state index contributed by atoms with van der Waals surface area (Å²) in [5, 5.41) is 37.0. The highest BCUT2D eigenvalue weighted by Crippen LogP contribution is 2.10. The second-order valence-corrected chi connectivity index (χ2v) is 7.93. The van der Waals surface area contributed by atoms with Crippen LogP contribution in [0.5, 0.6) is 0 Å². The third-order valence-corrected chi connectivity index (χ3v) is 4.93. The molecule has 190 valence electrons. The van der Waals surface area contributed by atoms with Crippen molar-refractivity contribution in [3.05, 3.63) is 0 Å². The van der Waals surface area contributed by atoms with Gasteiger partial charge in [0, 0.05) is 6.61 Å². The van der Waals surface area contributed by atoms with Crippen molar-refractivity contribution in [2.45, 2.75) is 102 Å². The number of hydrogen-bond acceptors (Lipinski definition) is 7. The van der Waals surface area contributed by atoms with E-state index in [0.717, 1.165) is 38.6 Å². The minimum Gasteiger partial charge on any atom is -0.481 e. The maximum atomic E-state index is 11.1. The van der Waals surface area contributed by atoms with Gasteiger partial charge in [0.2, 0.25) is 0 Å². The number of unbranched alkanes of at least 4 members (excludes halogenated alkanes) is 10. The molecule has 0 aliphatic carbocycles. The summed E-state index contributed by atoms with van der Waals surface area (Å²) >= 11 is 0. The van der Waals surface area contributed by atoms with E-state index in [-0.39, 0.29) is 0 Å². The van der Waals surface area contributed by atoms with Gasteiger partial charge in [-0.05, 0) is 38.8 Å². The number of aliphatic hydroxyl groups excluding tert-OH is 1. The van der Waals surface area contributed by atoms with Crippen LogP contribution in [-0.2, 0) is 14.4 Å². The van der Waals surface area contributed by atoms with Crippen LogP contribution in [0.1, 0.15) is 89.9 Å². The smallest absolute Gasteiger partial charge is 0.321 e. The quantitative estimate of drug-likeness (QED) is 0.123. The van der Waals surface area contributed by atoms with E-state index in [1.54, 1.807) is 0 Å². The van der Waals surface area contributed by atoms with E-state index in [0.29, 0.717) is 19.6 Å². The van der Waals surface area contributed by atoms with E-state index < -0.39 is 36.4 Å². The van der Waals surface area contributed by atoms with Crippen LogP contribution in [0.15, 0.2) is 0 Å². The van der Waals surface area contributed by atoms with Crippen molar-refractivity contribution in [3.8, 4) is 0 Å². The van der Waals surface area contributed by atoms with E-state index in [4.69, 9.17) is 31.9 Å². The lowest BCUT2D eigenvalue weighted by Gasteiger charge is -2.14. The molecule has 0 fully saturated rings. The van der Waals surface area contributed by atoms with Gasteiger partial charge in [0.15, 0.2) is 0 Å². The van der Waals surface area contributed by atoms with Crippen molar-refractivity contribution < 1.29 is 34.8 Å². The maximum absolute atomic E-state index is 11.1. The SMILES string of the molecule is NCCCC[C@H](NCCCCCCCCCCCCO)C(=O)O.N[C@@H](CC(=O)O)C(=O)O. The second kappa shape index (κ2) is 23.9. The molecule has 0 bridgehead atoms. The summed E-state index contributed by atoms with van der Waals surface area (Å²) in [6.45, 7) is 1.75. The molecular formula is C22H45N3O7. The van der Waals surface area contributed by atoms with Crippen molar-refractivity contribution in [2.75, 3.05) is 19.7 Å². The summed E-state index contributed by atoms with van der Waals surface area (Å²) in [6.07, 6.45) is 13.9. The number of carboxylic acid groups (broad SMARTS) is 3. The fourth-order valence-corrected chi connectivity index (χ4v) is 3.01. The minimum absolute atomic E-state index is 0.323. The Kier molecular flexibility index (Phi) is 24.2. The number of carbonyl (C=O) groups is 3. The first kappa shape index (κ1) is 32.4. The highest BCUT2D eigenvalue weighted by atomic mass is 16.4. The number of nitrogens with two attached hydrogens (primary N) is 2. The molecule has 10 heteroatoms. The summed E-state index contributed by atoms with van der Waals surface area (Å²) in [7, 11) is 0. The molecule has 0 heterocycles. The molecule has 0 aromatic heterocycles. The number of aliphatic carboxylic acids is 3. The Bertz CT molecular complexity index is 478. The zero-order valence-corrected chi connectivity index (χ0v) is 19.3. The largest absolute Gasteiger partial charge is 0.481 e. The van der Waals surface area contributed by atoms with E-state index in [9.17, 15) is 14.4 Å². The number of carboxylic acids is 3. The average Bonchev–Trinajstić information content (AvgIpc) is 2.73. The summed E-state index contributed by atoms with van der Waals surface area (Å²) in [6, 6.07) is -1.71. The zero-order valence-electron chi connectivity index (χ0n) is 19.3. The monoisotopic (exact) mass is 463 g/mol. The van der Waals surface area contributed by atoms with E-state index in [1.807, 2.05) is 0 Å². The number of nitrogens with one attached hydrogen (secondary N) is 1. The van der Waals surface area contributed by atoms with Gasteiger partial charge in [-0.15, -0.1) is 0 Å². The fourth-order valence-electron chi connectivity index (χ4n) is 3.01. The molecule has 0 unspecified atom stereocenters. The fraction of sp³-hybridized carbons (Fsp3) is 0.864. The average molecular weight is 464 g/mol. The van der Waals surface area contributed by atoms with Crippen molar-refractivity contribution in [1.29, 1.82) is 0 Å². The van der Waals surface area contributed by atoms with Crippen LogP contribution in [0.25, 0.3) is 0 Å². The van der Waals surface area contributed by atoms with E-state index in [1.165, 1.54) is 44.9 Å². The van der Waals surface area contributed by atoms with Crippen molar-refractivity contribution in [1.82, 2.24) is 5.32 Å². The van der Waals surface area contributed by atoms with Gasteiger partial charge in [-0.1, -0.05) is 57.8 Å². The number of rotatable bonds is 21. The summed E-state index contributed by atoms with van der Waals surface area (Å²) in [4.78, 5) is 30.7. The second-order valence-electron chi connectivity index (χ2n) is 7.93. The Morgan fingerprint density at radius 1 is 0.719 bits per heavy atom. The molecule has 0 rings (SSSR count). The molecule has 0 saturated heterocycles. The van der Waals surface area contributed by atoms with Crippen LogP contribution < -0.4 is 16.8 Å².